The number of carbonyl (C=O) groups is 2. The van der Waals surface area contributed by atoms with Crippen LogP contribution in [0.5, 0.6) is 0 Å². The van der Waals surface area contributed by atoms with E-state index in [9.17, 15) is 14.4 Å². The van der Waals surface area contributed by atoms with Crippen molar-refractivity contribution in [3.63, 3.8) is 0 Å². The summed E-state index contributed by atoms with van der Waals surface area (Å²) in [5, 5.41) is 0. The Morgan fingerprint density at radius 2 is 2.00 bits per heavy atom. The highest BCUT2D eigenvalue weighted by atomic mass is 16.2. The Bertz CT molecular complexity index is 785. The van der Waals surface area contributed by atoms with Crippen molar-refractivity contribution in [2.24, 2.45) is 5.41 Å². The predicted octanol–water partition coefficient (Wildman–Crippen LogP) is 2.64. The lowest BCUT2D eigenvalue weighted by atomic mass is 9.73. The number of pyridine rings is 1. The van der Waals surface area contributed by atoms with Crippen LogP contribution in [-0.2, 0) is 4.79 Å². The number of hydrogen-bond donors (Lipinski definition) is 1. The zero-order valence-electron chi connectivity index (χ0n) is 16.8. The molecule has 148 valence electrons. The Balaban J connectivity index is 1.77. The number of piperidine rings is 2. The van der Waals surface area contributed by atoms with Gasteiger partial charge in [-0.05, 0) is 51.2 Å². The Kier molecular flexibility index (Phi) is 5.72. The first-order valence-electron chi connectivity index (χ1n) is 10.1. The molecule has 6 heteroatoms. The van der Waals surface area contributed by atoms with E-state index in [0.29, 0.717) is 19.5 Å². The number of nitrogens with one attached hydrogen (secondary N) is 1. The van der Waals surface area contributed by atoms with E-state index in [1.807, 2.05) is 23.6 Å². The molecule has 3 rings (SSSR count). The quantitative estimate of drug-likeness (QED) is 0.882. The zero-order valence-corrected chi connectivity index (χ0v) is 16.8. The number of amides is 2. The van der Waals surface area contributed by atoms with Crippen LogP contribution in [0.1, 0.15) is 67.1 Å². The maximum absolute atomic E-state index is 13.1. The molecule has 0 bridgehead atoms. The van der Waals surface area contributed by atoms with Crippen molar-refractivity contribution in [1.29, 1.82) is 0 Å². The third kappa shape index (κ3) is 4.09. The molecule has 2 amide bonds. The van der Waals surface area contributed by atoms with Crippen LogP contribution in [0.2, 0.25) is 0 Å². The van der Waals surface area contributed by atoms with Gasteiger partial charge in [0.2, 0.25) is 5.91 Å². The standard InChI is InChI=1S/C21H31N3O3/c1-4-5-10-23-13-21(9-7-18(23)25)8-6-11-24(14-21)20(27)17-12-15(2)16(3)22-19(17)26/h12H,4-11,13-14H2,1-3H3,(H,22,26)/t21-/m1/s1. The summed E-state index contributed by atoms with van der Waals surface area (Å²) in [4.78, 5) is 44.2. The van der Waals surface area contributed by atoms with Crippen molar-refractivity contribution in [3.05, 3.63) is 33.2 Å². The number of carbonyl (C=O) groups excluding carboxylic acids is 2. The molecule has 2 fully saturated rings. The third-order valence-electron chi connectivity index (χ3n) is 6.21. The van der Waals surface area contributed by atoms with Crippen LogP contribution < -0.4 is 5.56 Å². The lowest BCUT2D eigenvalue weighted by molar-refractivity contribution is -0.139. The van der Waals surface area contributed by atoms with Crippen LogP contribution >= 0.6 is 0 Å². The number of hydrogen-bond acceptors (Lipinski definition) is 3. The second kappa shape index (κ2) is 7.87. The molecule has 0 radical (unpaired) electrons. The van der Waals surface area contributed by atoms with Crippen molar-refractivity contribution in [2.75, 3.05) is 26.2 Å². The van der Waals surface area contributed by atoms with Crippen LogP contribution in [0.4, 0.5) is 0 Å². The van der Waals surface area contributed by atoms with E-state index in [0.717, 1.165) is 56.5 Å². The zero-order chi connectivity index (χ0) is 19.6. The van der Waals surface area contributed by atoms with Gasteiger partial charge in [0.25, 0.3) is 11.5 Å². The van der Waals surface area contributed by atoms with Crippen molar-refractivity contribution in [2.45, 2.75) is 59.3 Å². The van der Waals surface area contributed by atoms with Crippen LogP contribution in [0.25, 0.3) is 0 Å². The number of rotatable bonds is 4. The molecule has 0 unspecified atom stereocenters. The summed E-state index contributed by atoms with van der Waals surface area (Å²) in [5.41, 5.74) is 1.60. The highest BCUT2D eigenvalue weighted by Crippen LogP contribution is 2.39. The van der Waals surface area contributed by atoms with Gasteiger partial charge >= 0.3 is 0 Å². The van der Waals surface area contributed by atoms with Gasteiger partial charge in [-0.15, -0.1) is 0 Å². The Hall–Kier alpha value is -2.11. The van der Waals surface area contributed by atoms with E-state index in [2.05, 4.69) is 11.9 Å². The summed E-state index contributed by atoms with van der Waals surface area (Å²) >= 11 is 0. The molecule has 1 aromatic heterocycles. The third-order valence-corrected chi connectivity index (χ3v) is 6.21. The normalized spacial score (nSPS) is 23.1. The lowest BCUT2D eigenvalue weighted by Gasteiger charge is -2.48. The predicted molar refractivity (Wildman–Crippen MR) is 105 cm³/mol. The SMILES string of the molecule is CCCCN1C[C@@]2(CCCN(C(=O)c3cc(C)c(C)[nH]c3=O)C2)CCC1=O. The molecule has 0 aromatic carbocycles. The minimum absolute atomic E-state index is 0.0257. The highest BCUT2D eigenvalue weighted by molar-refractivity contribution is 5.94. The molecule has 1 atom stereocenters. The summed E-state index contributed by atoms with van der Waals surface area (Å²) in [5.74, 6) is 0.0542. The number of aryl methyl sites for hydroxylation is 2. The molecule has 0 saturated carbocycles. The van der Waals surface area contributed by atoms with E-state index in [1.54, 1.807) is 6.07 Å². The summed E-state index contributed by atoms with van der Waals surface area (Å²) < 4.78 is 0. The fourth-order valence-corrected chi connectivity index (χ4v) is 4.43. The van der Waals surface area contributed by atoms with Crippen molar-refractivity contribution in [1.82, 2.24) is 14.8 Å². The van der Waals surface area contributed by atoms with Gasteiger partial charge in [-0.3, -0.25) is 14.4 Å². The number of likely N-dealkylation sites (tertiary alicyclic amines) is 2. The minimum atomic E-state index is -0.314. The maximum atomic E-state index is 13.1. The van der Waals surface area contributed by atoms with Crippen molar-refractivity contribution < 1.29 is 9.59 Å². The smallest absolute Gasteiger partial charge is 0.261 e. The van der Waals surface area contributed by atoms with Gasteiger partial charge in [-0.1, -0.05) is 13.3 Å². The van der Waals surface area contributed by atoms with Gasteiger partial charge in [-0.2, -0.15) is 0 Å². The average Bonchev–Trinajstić information content (AvgIpc) is 2.65. The topological polar surface area (TPSA) is 73.5 Å². The fourth-order valence-electron chi connectivity index (χ4n) is 4.43. The fraction of sp³-hybridized carbons (Fsp3) is 0.667. The molecule has 1 aromatic rings. The van der Waals surface area contributed by atoms with Gasteiger partial charge < -0.3 is 14.8 Å². The molecule has 2 aliphatic rings. The van der Waals surface area contributed by atoms with Crippen LogP contribution in [0.3, 0.4) is 0 Å². The van der Waals surface area contributed by atoms with Crippen LogP contribution in [0, 0.1) is 19.3 Å². The Labute approximate surface area is 160 Å². The first kappa shape index (κ1) is 19.6. The molecular formula is C21H31N3O3. The van der Waals surface area contributed by atoms with Gasteiger partial charge in [0.15, 0.2) is 0 Å². The number of nitrogens with zero attached hydrogens (tertiary/aromatic N) is 2. The van der Waals surface area contributed by atoms with E-state index < -0.39 is 0 Å². The Morgan fingerprint density at radius 3 is 2.74 bits per heavy atom. The molecular weight excluding hydrogens is 342 g/mol. The number of aromatic nitrogens is 1. The van der Waals surface area contributed by atoms with E-state index in [-0.39, 0.29) is 28.4 Å². The number of aromatic amines is 1. The van der Waals surface area contributed by atoms with Crippen LogP contribution in [-0.4, -0.2) is 52.8 Å². The second-order valence-corrected chi connectivity index (χ2v) is 8.32. The van der Waals surface area contributed by atoms with Gasteiger partial charge in [0.1, 0.15) is 5.56 Å². The van der Waals surface area contributed by atoms with E-state index >= 15 is 0 Å². The van der Waals surface area contributed by atoms with E-state index in [1.165, 1.54) is 0 Å². The summed E-state index contributed by atoms with van der Waals surface area (Å²) in [7, 11) is 0. The molecule has 2 saturated heterocycles. The first-order chi connectivity index (χ1) is 12.8. The molecule has 1 spiro atoms. The van der Waals surface area contributed by atoms with Crippen LogP contribution in [0.15, 0.2) is 10.9 Å². The van der Waals surface area contributed by atoms with Gasteiger partial charge in [-0.25, -0.2) is 0 Å². The first-order valence-corrected chi connectivity index (χ1v) is 10.1. The highest BCUT2D eigenvalue weighted by Gasteiger charge is 2.42. The molecule has 27 heavy (non-hydrogen) atoms. The second-order valence-electron chi connectivity index (χ2n) is 8.32. The minimum Gasteiger partial charge on any atom is -0.342 e. The maximum Gasteiger partial charge on any atom is 0.261 e. The monoisotopic (exact) mass is 373 g/mol. The van der Waals surface area contributed by atoms with Gasteiger partial charge in [0, 0.05) is 43.7 Å². The van der Waals surface area contributed by atoms with Crippen molar-refractivity contribution >= 4 is 11.8 Å². The molecule has 3 heterocycles. The summed E-state index contributed by atoms with van der Waals surface area (Å²) in [6.45, 7) is 8.72. The van der Waals surface area contributed by atoms with Gasteiger partial charge in [0.05, 0.1) is 0 Å². The molecule has 0 aliphatic carbocycles. The number of H-pyrrole nitrogens is 1. The summed E-state index contributed by atoms with van der Waals surface area (Å²) in [6.07, 6.45) is 5.44. The Morgan fingerprint density at radius 1 is 1.22 bits per heavy atom. The summed E-state index contributed by atoms with van der Waals surface area (Å²) in [6, 6.07) is 1.70. The average molecular weight is 373 g/mol. The van der Waals surface area contributed by atoms with E-state index in [4.69, 9.17) is 0 Å². The molecule has 6 nitrogen and oxygen atoms in total. The van der Waals surface area contributed by atoms with Crippen molar-refractivity contribution in [3.8, 4) is 0 Å². The molecule has 2 aliphatic heterocycles. The largest absolute Gasteiger partial charge is 0.342 e. The molecule has 1 N–H and O–H groups in total. The number of unbranched alkanes of at least 4 members (excludes halogenated alkanes) is 1. The lowest BCUT2D eigenvalue weighted by Crippen LogP contribution is -2.55.